The van der Waals surface area contributed by atoms with Crippen LogP contribution in [-0.2, 0) is 6.42 Å². The van der Waals surface area contributed by atoms with Crippen LogP contribution in [0, 0.1) is 10.1 Å². The molecule has 1 aromatic carbocycles. The van der Waals surface area contributed by atoms with Gasteiger partial charge in [0, 0.05) is 23.6 Å². The van der Waals surface area contributed by atoms with E-state index in [0.717, 1.165) is 6.07 Å². The summed E-state index contributed by atoms with van der Waals surface area (Å²) in [4.78, 5) is 20.9. The maximum Gasteiger partial charge on any atom is 0.337 e. The van der Waals surface area contributed by atoms with Crippen LogP contribution in [0.1, 0.15) is 15.9 Å². The second kappa shape index (κ2) is 4.95. The first-order chi connectivity index (χ1) is 7.47. The number of non-ortho nitro benzene ring substituents is 1. The minimum atomic E-state index is -1.28. The molecular weight excluding hydrogens is 234 g/mol. The summed E-state index contributed by atoms with van der Waals surface area (Å²) in [6.45, 7) is -0.228. The Kier molecular flexibility index (Phi) is 3.86. The number of nitrogens with zero attached hydrogens (tertiary/aromatic N) is 1. The number of aliphatic hydroxyl groups is 1. The van der Waals surface area contributed by atoms with Crippen molar-refractivity contribution in [3.63, 3.8) is 0 Å². The molecule has 0 heterocycles. The molecule has 0 unspecified atom stereocenters. The van der Waals surface area contributed by atoms with Crippen LogP contribution >= 0.6 is 12.6 Å². The van der Waals surface area contributed by atoms with E-state index >= 15 is 0 Å². The normalized spacial score (nSPS) is 10.1. The highest BCUT2D eigenvalue weighted by atomic mass is 32.1. The van der Waals surface area contributed by atoms with E-state index in [-0.39, 0.29) is 29.2 Å². The summed E-state index contributed by atoms with van der Waals surface area (Å²) in [6.07, 6.45) is 0.126. The van der Waals surface area contributed by atoms with Gasteiger partial charge in [0.25, 0.3) is 5.69 Å². The fourth-order valence-corrected chi connectivity index (χ4v) is 1.59. The van der Waals surface area contributed by atoms with Gasteiger partial charge < -0.3 is 10.2 Å². The number of hydrogen-bond donors (Lipinski definition) is 3. The number of aliphatic hydroxyl groups excluding tert-OH is 1. The molecule has 1 aromatic rings. The zero-order valence-corrected chi connectivity index (χ0v) is 8.98. The molecule has 1 rings (SSSR count). The van der Waals surface area contributed by atoms with E-state index in [9.17, 15) is 14.9 Å². The lowest BCUT2D eigenvalue weighted by Crippen LogP contribution is -2.04. The zero-order valence-electron chi connectivity index (χ0n) is 8.08. The molecule has 0 atom stereocenters. The van der Waals surface area contributed by atoms with E-state index in [4.69, 9.17) is 10.2 Å². The van der Waals surface area contributed by atoms with E-state index in [1.165, 1.54) is 6.07 Å². The maximum absolute atomic E-state index is 10.8. The molecule has 7 heteroatoms. The molecular formula is C9H9NO5S. The lowest BCUT2D eigenvalue weighted by atomic mass is 10.1. The van der Waals surface area contributed by atoms with Gasteiger partial charge in [-0.15, -0.1) is 12.6 Å². The quantitative estimate of drug-likeness (QED) is 0.418. The van der Waals surface area contributed by atoms with Gasteiger partial charge in [-0.3, -0.25) is 10.1 Å². The molecule has 0 aliphatic rings. The Morgan fingerprint density at radius 1 is 1.50 bits per heavy atom. The Balaban J connectivity index is 3.38. The molecule has 0 saturated heterocycles. The molecule has 0 aliphatic heterocycles. The monoisotopic (exact) mass is 243 g/mol. The fraction of sp³-hybridized carbons (Fsp3) is 0.222. The maximum atomic E-state index is 10.8. The van der Waals surface area contributed by atoms with Gasteiger partial charge >= 0.3 is 5.97 Å². The number of thiol groups is 1. The first-order valence-electron chi connectivity index (χ1n) is 4.31. The first kappa shape index (κ1) is 12.5. The van der Waals surface area contributed by atoms with Crippen molar-refractivity contribution in [2.45, 2.75) is 11.3 Å². The number of hydrogen-bond acceptors (Lipinski definition) is 5. The van der Waals surface area contributed by atoms with Crippen molar-refractivity contribution >= 4 is 24.3 Å². The van der Waals surface area contributed by atoms with Crippen molar-refractivity contribution < 1.29 is 19.9 Å². The van der Waals surface area contributed by atoms with E-state index in [0.29, 0.717) is 5.56 Å². The van der Waals surface area contributed by atoms with Crippen molar-refractivity contribution in [3.8, 4) is 0 Å². The smallest absolute Gasteiger partial charge is 0.337 e. The van der Waals surface area contributed by atoms with Gasteiger partial charge in [0.2, 0.25) is 0 Å². The number of carboxylic acids is 1. The lowest BCUT2D eigenvalue weighted by Gasteiger charge is -2.06. The molecule has 0 aliphatic carbocycles. The van der Waals surface area contributed by atoms with Gasteiger partial charge in [0.05, 0.1) is 10.5 Å². The third kappa shape index (κ3) is 2.50. The predicted molar refractivity (Wildman–Crippen MR) is 58.1 cm³/mol. The topological polar surface area (TPSA) is 101 Å². The van der Waals surface area contributed by atoms with E-state index in [2.05, 4.69) is 12.6 Å². The highest BCUT2D eigenvalue weighted by Gasteiger charge is 2.18. The second-order valence-corrected chi connectivity index (χ2v) is 3.48. The Labute approximate surface area is 96.1 Å². The van der Waals surface area contributed by atoms with Gasteiger partial charge in [0.1, 0.15) is 0 Å². The van der Waals surface area contributed by atoms with Crippen molar-refractivity contribution in [2.75, 3.05) is 6.61 Å². The summed E-state index contributed by atoms with van der Waals surface area (Å²) in [7, 11) is 0. The number of nitro groups is 1. The van der Waals surface area contributed by atoms with Gasteiger partial charge in [-0.25, -0.2) is 4.79 Å². The molecule has 0 bridgehead atoms. The molecule has 0 amide bonds. The molecule has 2 N–H and O–H groups in total. The number of rotatable bonds is 4. The third-order valence-corrected chi connectivity index (χ3v) is 2.52. The summed E-state index contributed by atoms with van der Waals surface area (Å²) in [5.41, 5.74) is -0.211. The molecule has 16 heavy (non-hydrogen) atoms. The van der Waals surface area contributed by atoms with E-state index in [1.807, 2.05) is 0 Å². The van der Waals surface area contributed by atoms with Crippen molar-refractivity contribution in [3.05, 3.63) is 33.4 Å². The number of aromatic carboxylic acids is 1. The van der Waals surface area contributed by atoms with Crippen LogP contribution in [0.4, 0.5) is 5.69 Å². The average molecular weight is 243 g/mol. The molecule has 0 saturated carbocycles. The minimum absolute atomic E-state index is 0.126. The summed E-state index contributed by atoms with van der Waals surface area (Å²) in [5.74, 6) is -1.28. The molecule has 86 valence electrons. The van der Waals surface area contributed by atoms with Crippen molar-refractivity contribution in [2.24, 2.45) is 0 Å². The summed E-state index contributed by atoms with van der Waals surface area (Å²) in [6, 6.07) is 2.16. The first-order valence-corrected chi connectivity index (χ1v) is 4.76. The molecule has 0 fully saturated rings. The summed E-state index contributed by atoms with van der Waals surface area (Å²) < 4.78 is 0. The van der Waals surface area contributed by atoms with Crippen LogP contribution in [-0.4, -0.2) is 27.7 Å². The lowest BCUT2D eigenvalue weighted by molar-refractivity contribution is -0.385. The van der Waals surface area contributed by atoms with Crippen LogP contribution in [0.5, 0.6) is 0 Å². The zero-order chi connectivity index (χ0) is 12.3. The van der Waals surface area contributed by atoms with Crippen LogP contribution in [0.25, 0.3) is 0 Å². The Morgan fingerprint density at radius 3 is 2.56 bits per heavy atom. The van der Waals surface area contributed by atoms with Gasteiger partial charge in [-0.05, 0) is 12.0 Å². The number of nitro benzene ring substituents is 1. The van der Waals surface area contributed by atoms with E-state index in [1.54, 1.807) is 0 Å². The number of benzene rings is 1. The second-order valence-electron chi connectivity index (χ2n) is 3.04. The number of carboxylic acid groups (broad SMARTS) is 1. The van der Waals surface area contributed by atoms with Crippen LogP contribution in [0.15, 0.2) is 17.0 Å². The molecule has 0 spiro atoms. The van der Waals surface area contributed by atoms with Crippen LogP contribution in [0.3, 0.4) is 0 Å². The van der Waals surface area contributed by atoms with Crippen molar-refractivity contribution in [1.29, 1.82) is 0 Å². The SMILES string of the molecule is O=C(O)c1cc([N+](=O)[O-])cc(CCO)c1S. The summed E-state index contributed by atoms with van der Waals surface area (Å²) >= 11 is 3.99. The fourth-order valence-electron chi connectivity index (χ4n) is 1.26. The van der Waals surface area contributed by atoms with Gasteiger partial charge in [-0.2, -0.15) is 0 Å². The Bertz CT molecular complexity index is 446. The molecule has 0 aromatic heterocycles. The largest absolute Gasteiger partial charge is 0.478 e. The third-order valence-electron chi connectivity index (χ3n) is 2.00. The van der Waals surface area contributed by atoms with Crippen LogP contribution in [0.2, 0.25) is 0 Å². The average Bonchev–Trinajstić information content (AvgIpc) is 2.20. The molecule has 6 nitrogen and oxygen atoms in total. The van der Waals surface area contributed by atoms with Gasteiger partial charge in [0.15, 0.2) is 0 Å². The highest BCUT2D eigenvalue weighted by molar-refractivity contribution is 7.80. The van der Waals surface area contributed by atoms with Gasteiger partial charge in [-0.1, -0.05) is 0 Å². The number of carbonyl (C=O) groups is 1. The van der Waals surface area contributed by atoms with E-state index < -0.39 is 10.9 Å². The summed E-state index contributed by atoms with van der Waals surface area (Å²) in [5, 5.41) is 28.2. The van der Waals surface area contributed by atoms with Crippen LogP contribution < -0.4 is 0 Å². The highest BCUT2D eigenvalue weighted by Crippen LogP contribution is 2.26. The predicted octanol–water partition coefficient (Wildman–Crippen LogP) is 1.12. The standard InChI is InChI=1S/C9H9NO5S/c11-2-1-5-3-6(10(14)15)4-7(8(5)16)9(12)13/h3-4,11,16H,1-2H2,(H,12,13). The minimum Gasteiger partial charge on any atom is -0.478 e. The molecule has 0 radical (unpaired) electrons. The Morgan fingerprint density at radius 2 is 2.12 bits per heavy atom. The van der Waals surface area contributed by atoms with Crippen molar-refractivity contribution in [1.82, 2.24) is 0 Å². The Hall–Kier alpha value is -1.60.